The molecule has 0 spiro atoms. The Hall–Kier alpha value is -0.770. The lowest BCUT2D eigenvalue weighted by Gasteiger charge is -2.20. The highest BCUT2D eigenvalue weighted by atomic mass is 16.7. The van der Waals surface area contributed by atoms with Crippen molar-refractivity contribution in [1.29, 1.82) is 0 Å². The summed E-state index contributed by atoms with van der Waals surface area (Å²) in [5, 5.41) is 33.4. The lowest BCUT2D eigenvalue weighted by molar-refractivity contribution is -0.181. The molecule has 6 N–H and O–H groups in total. The largest absolute Gasteiger partial charge is 0.387 e. The smallest absolute Gasteiger partial charge is 0.251 e. The number of carbonyl (C=O) groups excluding carboxylic acids is 1. The molecule has 1 aliphatic heterocycles. The summed E-state index contributed by atoms with van der Waals surface area (Å²) in [6, 6.07) is 0. The molecule has 0 unspecified atom stereocenters. The summed E-state index contributed by atoms with van der Waals surface area (Å²) in [4.78, 5) is 12.3. The van der Waals surface area contributed by atoms with E-state index in [0.29, 0.717) is 13.2 Å². The van der Waals surface area contributed by atoms with Crippen LogP contribution in [0.2, 0.25) is 0 Å². The SMILES string of the molecule is CCCCCCCCO[C@@H]1O[C@H]([C@H](O)C(=O)NCCCCCCCCCCCCN)[C@H](O)[C@H]1O. The van der Waals surface area contributed by atoms with E-state index < -0.39 is 36.6 Å². The Morgan fingerprint density at radius 1 is 0.853 bits per heavy atom. The minimum atomic E-state index is -1.55. The molecule has 8 heteroatoms. The Bertz CT molecular complexity index is 496. The average molecular weight is 489 g/mol. The van der Waals surface area contributed by atoms with Gasteiger partial charge in [0.25, 0.3) is 5.91 Å². The van der Waals surface area contributed by atoms with Crippen molar-refractivity contribution in [1.82, 2.24) is 5.32 Å². The van der Waals surface area contributed by atoms with E-state index in [1.807, 2.05) is 0 Å². The van der Waals surface area contributed by atoms with Crippen molar-refractivity contribution in [2.75, 3.05) is 19.7 Å². The Morgan fingerprint density at radius 3 is 1.97 bits per heavy atom. The second kappa shape index (κ2) is 20.4. The zero-order valence-electron chi connectivity index (χ0n) is 21.5. The van der Waals surface area contributed by atoms with Crippen LogP contribution in [0, 0.1) is 0 Å². The van der Waals surface area contributed by atoms with Crippen LogP contribution >= 0.6 is 0 Å². The standard InChI is InChI=1S/C26H52N2O6/c1-2-3-4-5-14-17-20-33-26-22(30)21(29)24(34-26)23(31)25(32)28-19-16-13-11-9-7-6-8-10-12-15-18-27/h21-24,26,29-31H,2-20,27H2,1H3,(H,28,32)/t21-,22-,23+,24+,26-/m1/s1. The predicted molar refractivity (Wildman–Crippen MR) is 134 cm³/mol. The van der Waals surface area contributed by atoms with Gasteiger partial charge in [-0.25, -0.2) is 0 Å². The van der Waals surface area contributed by atoms with E-state index in [9.17, 15) is 20.1 Å². The Kier molecular flexibility index (Phi) is 18.8. The topological polar surface area (TPSA) is 134 Å². The fraction of sp³-hybridized carbons (Fsp3) is 0.962. The molecule has 5 atom stereocenters. The van der Waals surface area contributed by atoms with Gasteiger partial charge in [-0.1, -0.05) is 90.4 Å². The molecule has 0 aromatic rings. The van der Waals surface area contributed by atoms with Crippen molar-refractivity contribution in [3.05, 3.63) is 0 Å². The maximum Gasteiger partial charge on any atom is 0.251 e. The van der Waals surface area contributed by atoms with Crippen molar-refractivity contribution in [3.63, 3.8) is 0 Å². The molecule has 0 aliphatic carbocycles. The van der Waals surface area contributed by atoms with E-state index in [4.69, 9.17) is 15.2 Å². The summed E-state index contributed by atoms with van der Waals surface area (Å²) in [5.74, 6) is -0.592. The summed E-state index contributed by atoms with van der Waals surface area (Å²) in [7, 11) is 0. The van der Waals surface area contributed by atoms with Crippen LogP contribution in [0.5, 0.6) is 0 Å². The molecule has 202 valence electrons. The number of aliphatic hydroxyl groups is 3. The molecule has 1 fully saturated rings. The first-order chi connectivity index (χ1) is 16.5. The first-order valence-electron chi connectivity index (χ1n) is 13.8. The van der Waals surface area contributed by atoms with Crippen molar-refractivity contribution >= 4 is 5.91 Å². The summed E-state index contributed by atoms with van der Waals surface area (Å²) >= 11 is 0. The minimum Gasteiger partial charge on any atom is -0.387 e. The lowest BCUT2D eigenvalue weighted by atomic mass is 10.0. The zero-order chi connectivity index (χ0) is 25.0. The molecule has 1 saturated heterocycles. The zero-order valence-corrected chi connectivity index (χ0v) is 21.5. The number of carbonyl (C=O) groups is 1. The second-order valence-electron chi connectivity index (χ2n) is 9.65. The number of rotatable bonds is 22. The van der Waals surface area contributed by atoms with E-state index in [1.165, 1.54) is 57.8 Å². The number of hydrogen-bond donors (Lipinski definition) is 5. The molecule has 34 heavy (non-hydrogen) atoms. The van der Waals surface area contributed by atoms with Crippen LogP contribution in [0.15, 0.2) is 0 Å². The molecule has 8 nitrogen and oxygen atoms in total. The van der Waals surface area contributed by atoms with E-state index >= 15 is 0 Å². The van der Waals surface area contributed by atoms with E-state index in [2.05, 4.69) is 12.2 Å². The number of ether oxygens (including phenoxy) is 2. The van der Waals surface area contributed by atoms with Gasteiger partial charge in [0, 0.05) is 13.2 Å². The number of unbranched alkanes of at least 4 members (excludes halogenated alkanes) is 14. The molecular formula is C26H52N2O6. The normalized spacial score (nSPS) is 23.3. The molecule has 1 heterocycles. The van der Waals surface area contributed by atoms with Gasteiger partial charge in [-0.05, 0) is 25.8 Å². The fourth-order valence-electron chi connectivity index (χ4n) is 4.30. The average Bonchev–Trinajstić information content (AvgIpc) is 3.12. The van der Waals surface area contributed by atoms with Gasteiger partial charge in [-0.3, -0.25) is 4.79 Å². The van der Waals surface area contributed by atoms with Crippen LogP contribution in [-0.2, 0) is 14.3 Å². The van der Waals surface area contributed by atoms with Crippen LogP contribution in [0.3, 0.4) is 0 Å². The maximum absolute atomic E-state index is 12.3. The van der Waals surface area contributed by atoms with E-state index in [-0.39, 0.29) is 0 Å². The molecular weight excluding hydrogens is 436 g/mol. The van der Waals surface area contributed by atoms with Gasteiger partial charge in [-0.2, -0.15) is 0 Å². The Morgan fingerprint density at radius 2 is 1.38 bits per heavy atom. The Labute approximate surface area is 207 Å². The van der Waals surface area contributed by atoms with Crippen molar-refractivity contribution in [3.8, 4) is 0 Å². The first-order valence-corrected chi connectivity index (χ1v) is 13.8. The van der Waals surface area contributed by atoms with Gasteiger partial charge < -0.3 is 35.8 Å². The number of amides is 1. The van der Waals surface area contributed by atoms with Crippen LogP contribution in [0.4, 0.5) is 0 Å². The highest BCUT2D eigenvalue weighted by Gasteiger charge is 2.48. The first kappa shape index (κ1) is 31.3. The Balaban J connectivity index is 2.11. The highest BCUT2D eigenvalue weighted by Crippen LogP contribution is 2.25. The predicted octanol–water partition coefficient (Wildman–Crippen LogP) is 3.15. The number of nitrogens with two attached hydrogens (primary N) is 1. The third kappa shape index (κ3) is 13.4. The summed E-state index contributed by atoms with van der Waals surface area (Å²) in [6.07, 6.45) is 11.9. The van der Waals surface area contributed by atoms with Crippen molar-refractivity contribution < 1.29 is 29.6 Å². The van der Waals surface area contributed by atoms with E-state index in [0.717, 1.165) is 51.5 Å². The summed E-state index contributed by atoms with van der Waals surface area (Å²) < 4.78 is 11.0. The summed E-state index contributed by atoms with van der Waals surface area (Å²) in [5.41, 5.74) is 5.50. The second-order valence-corrected chi connectivity index (χ2v) is 9.65. The highest BCUT2D eigenvalue weighted by molar-refractivity contribution is 5.81. The number of aliphatic hydroxyl groups excluding tert-OH is 3. The molecule has 0 aromatic heterocycles. The quantitative estimate of drug-likeness (QED) is 0.148. The fourth-order valence-corrected chi connectivity index (χ4v) is 4.30. The van der Waals surface area contributed by atoms with Gasteiger partial charge in [0.2, 0.25) is 0 Å². The molecule has 0 aromatic carbocycles. The van der Waals surface area contributed by atoms with Gasteiger partial charge in [0.1, 0.15) is 18.3 Å². The minimum absolute atomic E-state index is 0.407. The summed E-state index contributed by atoms with van der Waals surface area (Å²) in [6.45, 7) is 3.84. The van der Waals surface area contributed by atoms with Gasteiger partial charge >= 0.3 is 0 Å². The third-order valence-corrected chi connectivity index (χ3v) is 6.55. The molecule has 1 aliphatic rings. The van der Waals surface area contributed by atoms with Crippen LogP contribution in [-0.4, -0.2) is 71.6 Å². The van der Waals surface area contributed by atoms with Crippen LogP contribution < -0.4 is 11.1 Å². The molecule has 0 saturated carbocycles. The van der Waals surface area contributed by atoms with Crippen molar-refractivity contribution in [2.24, 2.45) is 5.73 Å². The molecule has 0 radical (unpaired) electrons. The lowest BCUT2D eigenvalue weighted by Crippen LogP contribution is -2.47. The monoisotopic (exact) mass is 488 g/mol. The van der Waals surface area contributed by atoms with E-state index in [1.54, 1.807) is 0 Å². The van der Waals surface area contributed by atoms with Crippen LogP contribution in [0.1, 0.15) is 110 Å². The third-order valence-electron chi connectivity index (χ3n) is 6.55. The maximum atomic E-state index is 12.3. The number of hydrogen-bond acceptors (Lipinski definition) is 7. The van der Waals surface area contributed by atoms with Gasteiger partial charge in [-0.15, -0.1) is 0 Å². The van der Waals surface area contributed by atoms with Gasteiger partial charge in [0.15, 0.2) is 12.4 Å². The molecule has 1 rings (SSSR count). The number of nitrogens with one attached hydrogen (secondary N) is 1. The van der Waals surface area contributed by atoms with Crippen LogP contribution in [0.25, 0.3) is 0 Å². The molecule has 1 amide bonds. The molecule has 0 bridgehead atoms. The van der Waals surface area contributed by atoms with Crippen molar-refractivity contribution in [2.45, 2.75) is 140 Å². The van der Waals surface area contributed by atoms with Gasteiger partial charge in [0.05, 0.1) is 0 Å².